The molecule has 9 nitrogen and oxygen atoms in total. The van der Waals surface area contributed by atoms with E-state index in [0.29, 0.717) is 43.4 Å². The van der Waals surface area contributed by atoms with Crippen molar-refractivity contribution in [2.24, 2.45) is 0 Å². The van der Waals surface area contributed by atoms with Gasteiger partial charge in [-0.25, -0.2) is 9.78 Å². The average molecular weight is 385 g/mol. The molecule has 0 spiro atoms. The predicted octanol–water partition coefficient (Wildman–Crippen LogP) is 3.13. The number of nitro groups is 1. The Bertz CT molecular complexity index is 850. The quantitative estimate of drug-likeness (QED) is 0.627. The topological polar surface area (TPSA) is 101 Å². The van der Waals surface area contributed by atoms with E-state index in [1.807, 2.05) is 18.7 Å². The molecule has 1 aliphatic heterocycles. The number of nitrogens with zero attached hydrogens (tertiary/aromatic N) is 4. The molecule has 0 aliphatic carbocycles. The number of amides is 2. The van der Waals surface area contributed by atoms with Crippen LogP contribution in [0.2, 0.25) is 0 Å². The van der Waals surface area contributed by atoms with Crippen molar-refractivity contribution in [1.29, 1.82) is 0 Å². The van der Waals surface area contributed by atoms with Gasteiger partial charge in [0.05, 0.1) is 11.0 Å². The lowest BCUT2D eigenvalue weighted by Crippen LogP contribution is -2.50. The van der Waals surface area contributed by atoms with Crippen LogP contribution in [0.25, 0.3) is 0 Å². The number of carbonyl (C=O) groups is 1. The summed E-state index contributed by atoms with van der Waals surface area (Å²) in [5.41, 5.74) is 1.17. The van der Waals surface area contributed by atoms with Crippen molar-refractivity contribution in [1.82, 2.24) is 9.88 Å². The fraction of sp³-hybridized carbons (Fsp3) is 0.368. The fourth-order valence-electron chi connectivity index (χ4n) is 3.03. The molecule has 9 heteroatoms. The Kier molecular flexibility index (Phi) is 5.93. The molecule has 0 saturated carbocycles. The summed E-state index contributed by atoms with van der Waals surface area (Å²) in [5.74, 6) is 0.379. The maximum Gasteiger partial charge on any atom is 0.322 e. The number of carbonyl (C=O) groups excluding carboxylic acids is 1. The van der Waals surface area contributed by atoms with Crippen LogP contribution >= 0.6 is 0 Å². The fourth-order valence-corrected chi connectivity index (χ4v) is 3.03. The summed E-state index contributed by atoms with van der Waals surface area (Å²) in [7, 11) is 0. The van der Waals surface area contributed by atoms with Gasteiger partial charge in [-0.2, -0.15) is 0 Å². The number of hydrogen-bond acceptors (Lipinski definition) is 6. The number of pyridine rings is 1. The lowest BCUT2D eigenvalue weighted by Gasteiger charge is -2.35. The van der Waals surface area contributed by atoms with Gasteiger partial charge in [-0.05, 0) is 32.0 Å². The number of urea groups is 1. The van der Waals surface area contributed by atoms with Crippen LogP contribution in [0.5, 0.6) is 5.88 Å². The van der Waals surface area contributed by atoms with Gasteiger partial charge in [-0.15, -0.1) is 0 Å². The largest absolute Gasteiger partial charge is 0.473 e. The predicted molar refractivity (Wildman–Crippen MR) is 106 cm³/mol. The molecule has 1 aromatic carbocycles. The zero-order valence-electron chi connectivity index (χ0n) is 15.9. The molecule has 1 aliphatic rings. The Morgan fingerprint density at radius 3 is 2.57 bits per heavy atom. The maximum absolute atomic E-state index is 12.6. The molecule has 3 rings (SSSR count). The van der Waals surface area contributed by atoms with Crippen molar-refractivity contribution in [2.45, 2.75) is 20.0 Å². The standard InChI is InChI=1S/C19H23N5O4/c1-14(2)28-18-15(6-5-9-20-18)21-19(25)23-12-10-22(11-13-23)16-7-3-4-8-17(16)24(26)27/h3-9,14H,10-13H2,1-2H3,(H,21,25). The molecule has 1 aromatic heterocycles. The number of benzene rings is 1. The Hall–Kier alpha value is -3.36. The summed E-state index contributed by atoms with van der Waals surface area (Å²) in [4.78, 5) is 31.3. The second-order valence-corrected chi connectivity index (χ2v) is 6.67. The molecule has 1 N–H and O–H groups in total. The minimum Gasteiger partial charge on any atom is -0.473 e. The summed E-state index contributed by atoms with van der Waals surface area (Å²) in [6.07, 6.45) is 1.55. The first-order valence-corrected chi connectivity index (χ1v) is 9.11. The first-order valence-electron chi connectivity index (χ1n) is 9.11. The van der Waals surface area contributed by atoms with Crippen molar-refractivity contribution in [3.05, 3.63) is 52.7 Å². The smallest absolute Gasteiger partial charge is 0.322 e. The summed E-state index contributed by atoms with van der Waals surface area (Å²) in [5, 5.41) is 14.1. The van der Waals surface area contributed by atoms with Gasteiger partial charge in [-0.1, -0.05) is 12.1 Å². The Morgan fingerprint density at radius 2 is 1.89 bits per heavy atom. The highest BCUT2D eigenvalue weighted by Gasteiger charge is 2.26. The van der Waals surface area contributed by atoms with Crippen LogP contribution in [0.1, 0.15) is 13.8 Å². The number of para-hydroxylation sites is 2. The molecule has 0 bridgehead atoms. The first-order chi connectivity index (χ1) is 13.5. The highest BCUT2D eigenvalue weighted by molar-refractivity contribution is 5.90. The number of piperazine rings is 1. The highest BCUT2D eigenvalue weighted by atomic mass is 16.6. The third kappa shape index (κ3) is 4.48. The molecule has 0 unspecified atom stereocenters. The van der Waals surface area contributed by atoms with E-state index in [9.17, 15) is 14.9 Å². The van der Waals surface area contributed by atoms with Gasteiger partial charge in [0, 0.05) is 38.4 Å². The Labute approximate surface area is 163 Å². The Balaban J connectivity index is 1.63. The minimum absolute atomic E-state index is 0.0595. The van der Waals surface area contributed by atoms with E-state index >= 15 is 0 Å². The molecule has 0 atom stereocenters. The summed E-state index contributed by atoms with van der Waals surface area (Å²) >= 11 is 0. The molecule has 1 fully saturated rings. The van der Waals surface area contributed by atoms with Crippen LogP contribution < -0.4 is 15.0 Å². The van der Waals surface area contributed by atoms with Gasteiger partial charge in [-0.3, -0.25) is 10.1 Å². The molecular formula is C19H23N5O4. The Morgan fingerprint density at radius 1 is 1.18 bits per heavy atom. The molecule has 2 heterocycles. The average Bonchev–Trinajstić information content (AvgIpc) is 2.69. The first kappa shape index (κ1) is 19.4. The lowest BCUT2D eigenvalue weighted by molar-refractivity contribution is -0.384. The van der Waals surface area contributed by atoms with E-state index in [-0.39, 0.29) is 22.7 Å². The van der Waals surface area contributed by atoms with Gasteiger partial charge in [0.25, 0.3) is 5.69 Å². The van der Waals surface area contributed by atoms with Crippen molar-refractivity contribution in [3.63, 3.8) is 0 Å². The van der Waals surface area contributed by atoms with Gasteiger partial charge >= 0.3 is 6.03 Å². The van der Waals surface area contributed by atoms with Gasteiger partial charge in [0.2, 0.25) is 5.88 Å². The zero-order valence-corrected chi connectivity index (χ0v) is 15.9. The third-order valence-corrected chi connectivity index (χ3v) is 4.35. The SMILES string of the molecule is CC(C)Oc1ncccc1NC(=O)N1CCN(c2ccccc2[N+](=O)[O-])CC1. The number of nitro benzene ring substituents is 1. The normalized spacial score (nSPS) is 14.1. The van der Waals surface area contributed by atoms with Gasteiger partial charge < -0.3 is 19.9 Å². The van der Waals surface area contributed by atoms with E-state index in [4.69, 9.17) is 4.74 Å². The van der Waals surface area contributed by atoms with Crippen molar-refractivity contribution >= 4 is 23.1 Å². The summed E-state index contributed by atoms with van der Waals surface area (Å²) in [6.45, 7) is 5.73. The van der Waals surface area contributed by atoms with E-state index in [1.54, 1.807) is 41.4 Å². The van der Waals surface area contributed by atoms with Gasteiger partial charge in [0.15, 0.2) is 0 Å². The number of anilines is 2. The number of nitrogens with one attached hydrogen (secondary N) is 1. The van der Waals surface area contributed by atoms with E-state index in [2.05, 4.69) is 10.3 Å². The van der Waals surface area contributed by atoms with E-state index in [1.165, 1.54) is 6.07 Å². The number of aromatic nitrogens is 1. The van der Waals surface area contributed by atoms with Crippen LogP contribution in [-0.4, -0.2) is 53.1 Å². The van der Waals surface area contributed by atoms with Crippen LogP contribution in [-0.2, 0) is 0 Å². The minimum atomic E-state index is -0.382. The third-order valence-electron chi connectivity index (χ3n) is 4.35. The molecule has 148 valence electrons. The lowest BCUT2D eigenvalue weighted by atomic mass is 10.2. The zero-order chi connectivity index (χ0) is 20.1. The summed E-state index contributed by atoms with van der Waals surface area (Å²) in [6, 6.07) is 9.88. The van der Waals surface area contributed by atoms with Crippen LogP contribution in [0.4, 0.5) is 21.9 Å². The van der Waals surface area contributed by atoms with Crippen LogP contribution in [0, 0.1) is 10.1 Å². The second-order valence-electron chi connectivity index (χ2n) is 6.67. The second kappa shape index (κ2) is 8.55. The highest BCUT2D eigenvalue weighted by Crippen LogP contribution is 2.28. The maximum atomic E-state index is 12.6. The summed E-state index contributed by atoms with van der Waals surface area (Å²) < 4.78 is 5.63. The number of hydrogen-bond donors (Lipinski definition) is 1. The molecule has 1 saturated heterocycles. The van der Waals surface area contributed by atoms with Crippen LogP contribution in [0.15, 0.2) is 42.6 Å². The molecule has 28 heavy (non-hydrogen) atoms. The van der Waals surface area contributed by atoms with Crippen molar-refractivity contribution < 1.29 is 14.5 Å². The van der Waals surface area contributed by atoms with E-state index < -0.39 is 0 Å². The van der Waals surface area contributed by atoms with Crippen molar-refractivity contribution in [3.8, 4) is 5.88 Å². The molecule has 2 aromatic rings. The number of ether oxygens (including phenoxy) is 1. The monoisotopic (exact) mass is 385 g/mol. The van der Waals surface area contributed by atoms with E-state index in [0.717, 1.165) is 0 Å². The number of rotatable bonds is 5. The van der Waals surface area contributed by atoms with Crippen LogP contribution in [0.3, 0.4) is 0 Å². The van der Waals surface area contributed by atoms with Gasteiger partial charge in [0.1, 0.15) is 11.4 Å². The molecule has 2 amide bonds. The molecule has 0 radical (unpaired) electrons. The molecular weight excluding hydrogens is 362 g/mol. The van der Waals surface area contributed by atoms with Crippen molar-refractivity contribution in [2.75, 3.05) is 36.4 Å².